The third-order valence-electron chi connectivity index (χ3n) is 3.60. The molecule has 0 spiro atoms. The van der Waals surface area contributed by atoms with E-state index in [0.717, 1.165) is 37.1 Å². The van der Waals surface area contributed by atoms with Gasteiger partial charge in [-0.2, -0.15) is 0 Å². The minimum absolute atomic E-state index is 0.203. The minimum atomic E-state index is -0.301. The lowest BCUT2D eigenvalue weighted by Crippen LogP contribution is -2.46. The number of benzene rings is 1. The lowest BCUT2D eigenvalue weighted by Gasteiger charge is -2.37. The predicted octanol–water partition coefficient (Wildman–Crippen LogP) is 2.90. The fourth-order valence-corrected chi connectivity index (χ4v) is 2.99. The summed E-state index contributed by atoms with van der Waals surface area (Å²) < 4.78 is 5.19. The first-order valence-corrected chi connectivity index (χ1v) is 7.86. The van der Waals surface area contributed by atoms with Gasteiger partial charge in [-0.1, -0.05) is 23.8 Å². The number of rotatable bonds is 4. The van der Waals surface area contributed by atoms with Gasteiger partial charge in [0.05, 0.1) is 6.61 Å². The van der Waals surface area contributed by atoms with Gasteiger partial charge in [-0.15, -0.1) is 0 Å². The number of nitrogens with two attached hydrogens (primary N) is 1. The molecule has 1 unspecified atom stereocenters. The van der Waals surface area contributed by atoms with Crippen molar-refractivity contribution in [3.63, 3.8) is 0 Å². The van der Waals surface area contributed by atoms with Gasteiger partial charge in [0, 0.05) is 22.8 Å². The molecule has 1 aromatic carbocycles. The molecule has 0 aliphatic carbocycles. The number of carbonyl (C=O) groups excluding carboxylic acids is 1. The number of hydrogen-bond donors (Lipinski definition) is 1. The molecule has 6 heteroatoms. The molecular formula is C15H19ClN2O2S. The maximum Gasteiger partial charge on any atom is 0.328 e. The summed E-state index contributed by atoms with van der Waals surface area (Å²) in [7, 11) is 0. The van der Waals surface area contributed by atoms with Gasteiger partial charge in [0.1, 0.15) is 11.0 Å². The Labute approximate surface area is 135 Å². The van der Waals surface area contributed by atoms with E-state index in [9.17, 15) is 4.79 Å². The third kappa shape index (κ3) is 3.66. The zero-order valence-electron chi connectivity index (χ0n) is 12.0. The molecule has 1 aliphatic heterocycles. The Balaban J connectivity index is 2.39. The Morgan fingerprint density at radius 3 is 2.95 bits per heavy atom. The number of ether oxygens (including phenoxy) is 1. The summed E-state index contributed by atoms with van der Waals surface area (Å²) in [5, 5.41) is 0.596. The molecule has 4 nitrogen and oxygen atoms in total. The van der Waals surface area contributed by atoms with E-state index in [4.69, 9.17) is 34.3 Å². The lowest BCUT2D eigenvalue weighted by molar-refractivity contribution is -0.145. The van der Waals surface area contributed by atoms with Crippen molar-refractivity contribution in [1.29, 1.82) is 0 Å². The Bertz CT molecular complexity index is 550. The van der Waals surface area contributed by atoms with Crippen LogP contribution in [0.5, 0.6) is 0 Å². The standard InChI is InChI=1S/C15H19ClN2O2S/c1-2-20-15(19)12-5-3-4-8-18(12)13-9-10(16)6-7-11(13)14(17)21/h6-7,9,12H,2-5,8H2,1H3,(H2,17,21). The van der Waals surface area contributed by atoms with Gasteiger partial charge in [-0.05, 0) is 44.4 Å². The van der Waals surface area contributed by atoms with Crippen LogP contribution in [0, 0.1) is 0 Å². The van der Waals surface area contributed by atoms with Crippen LogP contribution >= 0.6 is 23.8 Å². The highest BCUT2D eigenvalue weighted by atomic mass is 35.5. The van der Waals surface area contributed by atoms with Gasteiger partial charge >= 0.3 is 5.97 Å². The number of nitrogens with zero attached hydrogens (tertiary/aromatic N) is 1. The fourth-order valence-electron chi connectivity index (χ4n) is 2.65. The summed E-state index contributed by atoms with van der Waals surface area (Å²) in [6, 6.07) is 5.07. The predicted molar refractivity (Wildman–Crippen MR) is 89.0 cm³/mol. The minimum Gasteiger partial charge on any atom is -0.464 e. The van der Waals surface area contributed by atoms with Gasteiger partial charge in [-0.25, -0.2) is 4.79 Å². The molecule has 0 bridgehead atoms. The van der Waals surface area contributed by atoms with Crippen LogP contribution in [0.15, 0.2) is 18.2 Å². The van der Waals surface area contributed by atoms with Gasteiger partial charge in [0.15, 0.2) is 0 Å². The number of thiocarbonyl (C=S) groups is 1. The largest absolute Gasteiger partial charge is 0.464 e. The summed E-state index contributed by atoms with van der Waals surface area (Å²) in [5.41, 5.74) is 7.35. The second-order valence-corrected chi connectivity index (χ2v) is 5.86. The van der Waals surface area contributed by atoms with Crippen LogP contribution in [0.4, 0.5) is 5.69 Å². The molecule has 21 heavy (non-hydrogen) atoms. The van der Waals surface area contributed by atoms with Gasteiger partial charge in [0.25, 0.3) is 0 Å². The summed E-state index contributed by atoms with van der Waals surface area (Å²) in [6.45, 7) is 2.95. The highest BCUT2D eigenvalue weighted by molar-refractivity contribution is 7.80. The van der Waals surface area contributed by atoms with Crippen molar-refractivity contribution < 1.29 is 9.53 Å². The smallest absolute Gasteiger partial charge is 0.328 e. The first-order chi connectivity index (χ1) is 10.0. The Kier molecular flexibility index (Phi) is 5.42. The molecule has 0 amide bonds. The normalized spacial score (nSPS) is 18.4. The summed E-state index contributed by atoms with van der Waals surface area (Å²) in [5.74, 6) is -0.203. The van der Waals surface area contributed by atoms with Crippen molar-refractivity contribution in [1.82, 2.24) is 0 Å². The number of halogens is 1. The van der Waals surface area contributed by atoms with Crippen LogP contribution in [0.25, 0.3) is 0 Å². The van der Waals surface area contributed by atoms with Crippen LogP contribution in [-0.4, -0.2) is 30.2 Å². The molecule has 1 saturated heterocycles. The average molecular weight is 327 g/mol. The SMILES string of the molecule is CCOC(=O)C1CCCCN1c1cc(Cl)ccc1C(N)=S. The summed E-state index contributed by atoms with van der Waals surface area (Å²) in [6.07, 6.45) is 2.78. The zero-order chi connectivity index (χ0) is 15.4. The molecule has 0 saturated carbocycles. The number of esters is 1. The van der Waals surface area contributed by atoms with E-state index in [0.29, 0.717) is 16.6 Å². The quantitative estimate of drug-likeness (QED) is 0.681. The zero-order valence-corrected chi connectivity index (χ0v) is 13.5. The number of hydrogen-bond acceptors (Lipinski definition) is 4. The van der Waals surface area contributed by atoms with Crippen LogP contribution in [0.3, 0.4) is 0 Å². The third-order valence-corrected chi connectivity index (χ3v) is 4.05. The van der Waals surface area contributed by atoms with Crippen molar-refractivity contribution in [2.75, 3.05) is 18.1 Å². The van der Waals surface area contributed by atoms with Crippen molar-refractivity contribution >= 4 is 40.5 Å². The van der Waals surface area contributed by atoms with E-state index in [-0.39, 0.29) is 12.0 Å². The lowest BCUT2D eigenvalue weighted by atomic mass is 9.99. The monoisotopic (exact) mass is 326 g/mol. The summed E-state index contributed by atoms with van der Waals surface area (Å²) in [4.78, 5) is 14.5. The Morgan fingerprint density at radius 2 is 2.29 bits per heavy atom. The molecule has 2 N–H and O–H groups in total. The van der Waals surface area contributed by atoms with E-state index in [1.165, 1.54) is 0 Å². The van der Waals surface area contributed by atoms with Crippen LogP contribution < -0.4 is 10.6 Å². The molecule has 1 aromatic rings. The van der Waals surface area contributed by atoms with E-state index in [1.54, 1.807) is 12.1 Å². The van der Waals surface area contributed by atoms with Crippen molar-refractivity contribution in [3.8, 4) is 0 Å². The van der Waals surface area contributed by atoms with Gasteiger partial charge in [-0.3, -0.25) is 0 Å². The topological polar surface area (TPSA) is 55.6 Å². The second-order valence-electron chi connectivity index (χ2n) is 4.98. The van der Waals surface area contributed by atoms with Crippen LogP contribution in [-0.2, 0) is 9.53 Å². The molecule has 0 radical (unpaired) electrons. The van der Waals surface area contributed by atoms with E-state index in [1.807, 2.05) is 17.9 Å². The highest BCUT2D eigenvalue weighted by Gasteiger charge is 2.31. The Hall–Kier alpha value is -1.33. The van der Waals surface area contributed by atoms with Crippen LogP contribution in [0.2, 0.25) is 5.02 Å². The Morgan fingerprint density at radius 1 is 1.52 bits per heavy atom. The summed E-state index contributed by atoms with van der Waals surface area (Å²) >= 11 is 11.2. The number of carbonyl (C=O) groups is 1. The maximum atomic E-state index is 12.2. The first-order valence-electron chi connectivity index (χ1n) is 7.07. The fraction of sp³-hybridized carbons (Fsp3) is 0.467. The van der Waals surface area contributed by atoms with Crippen molar-refractivity contribution in [2.24, 2.45) is 5.73 Å². The van der Waals surface area contributed by atoms with Gasteiger partial charge < -0.3 is 15.4 Å². The van der Waals surface area contributed by atoms with Gasteiger partial charge in [0.2, 0.25) is 0 Å². The maximum absolute atomic E-state index is 12.2. The highest BCUT2D eigenvalue weighted by Crippen LogP contribution is 2.31. The molecule has 1 aliphatic rings. The van der Waals surface area contributed by atoms with E-state index in [2.05, 4.69) is 0 Å². The molecule has 1 atom stereocenters. The number of anilines is 1. The molecule has 0 aromatic heterocycles. The molecule has 1 heterocycles. The van der Waals surface area contributed by atoms with E-state index >= 15 is 0 Å². The second kappa shape index (κ2) is 7.09. The number of piperidine rings is 1. The van der Waals surface area contributed by atoms with Crippen molar-refractivity contribution in [2.45, 2.75) is 32.2 Å². The molecule has 1 fully saturated rings. The first kappa shape index (κ1) is 16.0. The average Bonchev–Trinajstić information content (AvgIpc) is 2.47. The van der Waals surface area contributed by atoms with E-state index < -0.39 is 0 Å². The molecule has 114 valence electrons. The molecule has 2 rings (SSSR count). The van der Waals surface area contributed by atoms with Crippen molar-refractivity contribution in [3.05, 3.63) is 28.8 Å². The van der Waals surface area contributed by atoms with Crippen LogP contribution in [0.1, 0.15) is 31.7 Å². The molecular weight excluding hydrogens is 308 g/mol.